The quantitative estimate of drug-likeness (QED) is 0.878. The van der Waals surface area contributed by atoms with Crippen LogP contribution in [0.1, 0.15) is 37.6 Å². The van der Waals surface area contributed by atoms with Crippen molar-refractivity contribution in [1.29, 1.82) is 0 Å². The van der Waals surface area contributed by atoms with Crippen LogP contribution in [0.25, 0.3) is 0 Å². The number of hydrogen-bond donors (Lipinski definition) is 2. The van der Waals surface area contributed by atoms with E-state index in [2.05, 4.69) is 26.1 Å². The molecule has 2 N–H and O–H groups in total. The molecule has 0 aliphatic carbocycles. The number of anilines is 1. The second-order valence-corrected chi connectivity index (χ2v) is 6.03. The SMILES string of the molecule is CC1CC(C)C(C)N(C(=O)Nc2cccc(C(=O)O)c2)C1. The van der Waals surface area contributed by atoms with E-state index in [0.29, 0.717) is 17.5 Å². The summed E-state index contributed by atoms with van der Waals surface area (Å²) < 4.78 is 0. The third-order valence-electron chi connectivity index (χ3n) is 4.22. The summed E-state index contributed by atoms with van der Waals surface area (Å²) in [5, 5.41) is 11.8. The van der Waals surface area contributed by atoms with Crippen molar-refractivity contribution in [2.24, 2.45) is 11.8 Å². The minimum atomic E-state index is -1.00. The Kier molecular flexibility index (Phi) is 4.50. The number of hydrogen-bond acceptors (Lipinski definition) is 2. The second-order valence-electron chi connectivity index (χ2n) is 6.03. The summed E-state index contributed by atoms with van der Waals surface area (Å²) in [7, 11) is 0. The maximum absolute atomic E-state index is 12.4. The molecule has 0 aromatic heterocycles. The number of aromatic carboxylic acids is 1. The Morgan fingerprint density at radius 3 is 2.67 bits per heavy atom. The Balaban J connectivity index is 2.10. The van der Waals surface area contributed by atoms with Crippen LogP contribution < -0.4 is 5.32 Å². The van der Waals surface area contributed by atoms with Crippen LogP contribution in [0.2, 0.25) is 0 Å². The predicted molar refractivity (Wildman–Crippen MR) is 81.5 cm³/mol. The number of carboxylic acids is 1. The first-order valence-corrected chi connectivity index (χ1v) is 7.29. The number of rotatable bonds is 2. The van der Waals surface area contributed by atoms with Gasteiger partial charge in [0.05, 0.1) is 5.56 Å². The largest absolute Gasteiger partial charge is 0.478 e. The van der Waals surface area contributed by atoms with Gasteiger partial charge in [-0.05, 0) is 43.4 Å². The van der Waals surface area contributed by atoms with Crippen LogP contribution in [-0.4, -0.2) is 34.6 Å². The first kappa shape index (κ1) is 15.4. The third kappa shape index (κ3) is 3.54. The molecule has 0 bridgehead atoms. The van der Waals surface area contributed by atoms with Crippen LogP contribution in [0, 0.1) is 11.8 Å². The van der Waals surface area contributed by atoms with Gasteiger partial charge in [0, 0.05) is 18.3 Å². The zero-order valence-electron chi connectivity index (χ0n) is 12.7. The minimum Gasteiger partial charge on any atom is -0.478 e. The van der Waals surface area contributed by atoms with Crippen molar-refractivity contribution in [2.75, 3.05) is 11.9 Å². The molecule has 114 valence electrons. The summed E-state index contributed by atoms with van der Waals surface area (Å²) in [5.74, 6) is -0.0585. The number of amides is 2. The van der Waals surface area contributed by atoms with Crippen molar-refractivity contribution in [2.45, 2.75) is 33.2 Å². The third-order valence-corrected chi connectivity index (χ3v) is 4.22. The number of nitrogens with one attached hydrogen (secondary N) is 1. The lowest BCUT2D eigenvalue weighted by Crippen LogP contribution is -2.50. The van der Waals surface area contributed by atoms with E-state index in [-0.39, 0.29) is 17.6 Å². The maximum atomic E-state index is 12.4. The van der Waals surface area contributed by atoms with Crippen LogP contribution in [0.5, 0.6) is 0 Å². The van der Waals surface area contributed by atoms with Gasteiger partial charge in [-0.15, -0.1) is 0 Å². The van der Waals surface area contributed by atoms with Crippen molar-refractivity contribution >= 4 is 17.7 Å². The lowest BCUT2D eigenvalue weighted by molar-refractivity contribution is 0.0697. The van der Waals surface area contributed by atoms with Crippen LogP contribution in [0.15, 0.2) is 24.3 Å². The number of carboxylic acid groups (broad SMARTS) is 1. The van der Waals surface area contributed by atoms with E-state index >= 15 is 0 Å². The molecule has 1 aromatic rings. The van der Waals surface area contributed by atoms with Crippen molar-refractivity contribution in [1.82, 2.24) is 4.90 Å². The zero-order valence-corrected chi connectivity index (χ0v) is 12.7. The molecule has 5 nitrogen and oxygen atoms in total. The number of nitrogens with zero attached hydrogens (tertiary/aromatic N) is 1. The number of carbonyl (C=O) groups is 2. The smallest absolute Gasteiger partial charge is 0.335 e. The molecule has 5 heteroatoms. The molecule has 0 radical (unpaired) electrons. The van der Waals surface area contributed by atoms with E-state index in [0.717, 1.165) is 13.0 Å². The summed E-state index contributed by atoms with van der Waals surface area (Å²) in [4.78, 5) is 25.2. The van der Waals surface area contributed by atoms with Gasteiger partial charge in [0.2, 0.25) is 0 Å². The van der Waals surface area contributed by atoms with E-state index in [1.165, 1.54) is 12.1 Å². The normalized spacial score (nSPS) is 25.5. The Labute approximate surface area is 125 Å². The highest BCUT2D eigenvalue weighted by Gasteiger charge is 2.31. The number of benzene rings is 1. The molecule has 1 fully saturated rings. The molecule has 3 unspecified atom stereocenters. The highest BCUT2D eigenvalue weighted by molar-refractivity contribution is 5.93. The summed E-state index contributed by atoms with van der Waals surface area (Å²) >= 11 is 0. The van der Waals surface area contributed by atoms with Gasteiger partial charge in [-0.25, -0.2) is 9.59 Å². The van der Waals surface area contributed by atoms with Crippen molar-refractivity contribution < 1.29 is 14.7 Å². The molecule has 0 saturated carbocycles. The summed E-state index contributed by atoms with van der Waals surface area (Å²) in [6.07, 6.45) is 1.12. The first-order valence-electron chi connectivity index (χ1n) is 7.29. The monoisotopic (exact) mass is 290 g/mol. The van der Waals surface area contributed by atoms with Crippen LogP contribution >= 0.6 is 0 Å². The van der Waals surface area contributed by atoms with Crippen LogP contribution in [0.3, 0.4) is 0 Å². The van der Waals surface area contributed by atoms with Gasteiger partial charge in [0.1, 0.15) is 0 Å². The summed E-state index contributed by atoms with van der Waals surface area (Å²) in [5.41, 5.74) is 0.680. The van der Waals surface area contributed by atoms with Gasteiger partial charge in [0.25, 0.3) is 0 Å². The molecule has 1 heterocycles. The van der Waals surface area contributed by atoms with Crippen molar-refractivity contribution in [3.05, 3.63) is 29.8 Å². The molecule has 2 rings (SSSR count). The fourth-order valence-electron chi connectivity index (χ4n) is 2.91. The fraction of sp³-hybridized carbons (Fsp3) is 0.500. The van der Waals surface area contributed by atoms with Crippen molar-refractivity contribution in [3.8, 4) is 0 Å². The molecule has 0 spiro atoms. The summed E-state index contributed by atoms with van der Waals surface area (Å²) in [6.45, 7) is 7.10. The first-order chi connectivity index (χ1) is 9.88. The summed E-state index contributed by atoms with van der Waals surface area (Å²) in [6, 6.07) is 6.33. The molecule has 1 aliphatic heterocycles. The number of likely N-dealkylation sites (tertiary alicyclic amines) is 1. The van der Waals surface area contributed by atoms with Gasteiger partial charge < -0.3 is 15.3 Å². The van der Waals surface area contributed by atoms with E-state index in [4.69, 9.17) is 5.11 Å². The van der Waals surface area contributed by atoms with E-state index in [1.807, 2.05) is 4.90 Å². The van der Waals surface area contributed by atoms with E-state index < -0.39 is 5.97 Å². The van der Waals surface area contributed by atoms with Gasteiger partial charge in [0.15, 0.2) is 0 Å². The molecular weight excluding hydrogens is 268 g/mol. The average molecular weight is 290 g/mol. The van der Waals surface area contributed by atoms with Crippen molar-refractivity contribution in [3.63, 3.8) is 0 Å². The Bertz CT molecular complexity index is 544. The minimum absolute atomic E-state index is 0.163. The maximum Gasteiger partial charge on any atom is 0.335 e. The molecule has 1 saturated heterocycles. The fourth-order valence-corrected chi connectivity index (χ4v) is 2.91. The topological polar surface area (TPSA) is 69.6 Å². The van der Waals surface area contributed by atoms with Gasteiger partial charge in [-0.1, -0.05) is 19.9 Å². The molecule has 1 aromatic carbocycles. The molecule has 1 aliphatic rings. The van der Waals surface area contributed by atoms with E-state index in [9.17, 15) is 9.59 Å². The Hall–Kier alpha value is -2.04. The second kappa shape index (κ2) is 6.16. The standard InChI is InChI=1S/C16H22N2O3/c1-10-7-11(2)12(3)18(9-10)16(21)17-14-6-4-5-13(8-14)15(19)20/h4-6,8,10-12H,7,9H2,1-3H3,(H,17,21)(H,19,20). The highest BCUT2D eigenvalue weighted by atomic mass is 16.4. The Morgan fingerprint density at radius 2 is 2.00 bits per heavy atom. The van der Waals surface area contributed by atoms with E-state index in [1.54, 1.807) is 12.1 Å². The molecular formula is C16H22N2O3. The van der Waals surface area contributed by atoms with Crippen LogP contribution in [0.4, 0.5) is 10.5 Å². The van der Waals surface area contributed by atoms with Gasteiger partial charge >= 0.3 is 12.0 Å². The highest BCUT2D eigenvalue weighted by Crippen LogP contribution is 2.27. The average Bonchev–Trinajstić information content (AvgIpc) is 2.43. The molecule has 3 atom stereocenters. The number of piperidine rings is 1. The lowest BCUT2D eigenvalue weighted by atomic mass is 9.86. The number of carbonyl (C=O) groups excluding carboxylic acids is 1. The van der Waals surface area contributed by atoms with Gasteiger partial charge in [-0.2, -0.15) is 0 Å². The van der Waals surface area contributed by atoms with Crippen LogP contribution in [-0.2, 0) is 0 Å². The lowest BCUT2D eigenvalue weighted by Gasteiger charge is -2.40. The zero-order chi connectivity index (χ0) is 15.6. The number of urea groups is 1. The Morgan fingerprint density at radius 1 is 1.29 bits per heavy atom. The molecule has 21 heavy (non-hydrogen) atoms. The van der Waals surface area contributed by atoms with Gasteiger partial charge in [-0.3, -0.25) is 0 Å². The molecule has 2 amide bonds. The predicted octanol–water partition coefficient (Wildman–Crippen LogP) is 3.28.